The average Bonchev–Trinajstić information content (AvgIpc) is 3.26. The van der Waals surface area contributed by atoms with Gasteiger partial charge in [0.25, 0.3) is 5.91 Å². The molecule has 0 fully saturated rings. The third-order valence-corrected chi connectivity index (χ3v) is 5.19. The van der Waals surface area contributed by atoms with Gasteiger partial charge >= 0.3 is 6.03 Å². The number of hydrogen-bond donors (Lipinski definition) is 2. The fourth-order valence-electron chi connectivity index (χ4n) is 2.99. The summed E-state index contributed by atoms with van der Waals surface area (Å²) in [4.78, 5) is 24.8. The number of nitrogens with zero attached hydrogens (tertiary/aromatic N) is 2. The van der Waals surface area contributed by atoms with E-state index >= 15 is 0 Å². The maximum Gasteiger partial charge on any atom is 0.326 e. The van der Waals surface area contributed by atoms with Crippen LogP contribution in [0.4, 0.5) is 10.5 Å². The lowest BCUT2D eigenvalue weighted by molar-refractivity contribution is 0.0967. The molecule has 160 valence electrons. The van der Waals surface area contributed by atoms with Gasteiger partial charge in [-0.15, -0.1) is 10.2 Å². The first-order valence-corrected chi connectivity index (χ1v) is 10.2. The highest BCUT2D eigenvalue weighted by molar-refractivity contribution is 6.34. The Kier molecular flexibility index (Phi) is 6.20. The number of aromatic nitrogens is 2. The van der Waals surface area contributed by atoms with E-state index in [1.54, 1.807) is 48.5 Å². The average molecular weight is 467 g/mol. The molecule has 0 saturated heterocycles. The van der Waals surface area contributed by atoms with Crippen molar-refractivity contribution in [2.24, 2.45) is 0 Å². The Labute approximate surface area is 193 Å². The Morgan fingerprint density at radius 2 is 1.53 bits per heavy atom. The molecule has 32 heavy (non-hydrogen) atoms. The maximum absolute atomic E-state index is 12.4. The minimum absolute atomic E-state index is 0.186. The first-order chi connectivity index (χ1) is 15.4. The predicted molar refractivity (Wildman–Crippen MR) is 123 cm³/mol. The zero-order chi connectivity index (χ0) is 22.7. The summed E-state index contributed by atoms with van der Waals surface area (Å²) < 4.78 is 5.82. The third-order valence-electron chi connectivity index (χ3n) is 4.53. The first kappa shape index (κ1) is 21.5. The monoisotopic (exact) mass is 466 g/mol. The number of halogens is 2. The molecule has 0 saturated carbocycles. The van der Waals surface area contributed by atoms with E-state index in [-0.39, 0.29) is 22.4 Å². The van der Waals surface area contributed by atoms with Gasteiger partial charge in [0.1, 0.15) is 0 Å². The molecule has 0 atom stereocenters. The van der Waals surface area contributed by atoms with Crippen molar-refractivity contribution in [3.63, 3.8) is 0 Å². The van der Waals surface area contributed by atoms with Gasteiger partial charge < -0.3 is 9.73 Å². The van der Waals surface area contributed by atoms with Crippen LogP contribution in [-0.2, 0) is 0 Å². The second-order valence-corrected chi connectivity index (χ2v) is 7.64. The van der Waals surface area contributed by atoms with Crippen LogP contribution < -0.4 is 10.6 Å². The van der Waals surface area contributed by atoms with Crippen LogP contribution in [0.5, 0.6) is 0 Å². The van der Waals surface area contributed by atoms with Crippen molar-refractivity contribution < 1.29 is 14.0 Å². The highest BCUT2D eigenvalue weighted by Gasteiger charge is 2.18. The third kappa shape index (κ3) is 4.64. The van der Waals surface area contributed by atoms with E-state index in [4.69, 9.17) is 27.6 Å². The van der Waals surface area contributed by atoms with E-state index in [2.05, 4.69) is 20.8 Å². The van der Waals surface area contributed by atoms with Gasteiger partial charge in [0.05, 0.1) is 32.4 Å². The van der Waals surface area contributed by atoms with Crippen molar-refractivity contribution in [2.75, 3.05) is 5.32 Å². The van der Waals surface area contributed by atoms with Crippen LogP contribution in [-0.4, -0.2) is 22.1 Å². The van der Waals surface area contributed by atoms with E-state index in [0.29, 0.717) is 21.8 Å². The lowest BCUT2D eigenvalue weighted by Gasteiger charge is -2.10. The summed E-state index contributed by atoms with van der Waals surface area (Å²) in [6, 6.07) is 18.0. The number of amides is 3. The fraction of sp³-hybridized carbons (Fsp3) is 0.0435. The van der Waals surface area contributed by atoms with Crippen LogP contribution in [0, 0.1) is 6.92 Å². The van der Waals surface area contributed by atoms with Crippen molar-refractivity contribution >= 4 is 40.8 Å². The molecule has 7 nitrogen and oxygen atoms in total. The molecule has 0 aliphatic heterocycles. The number of benzene rings is 3. The molecule has 2 N–H and O–H groups in total. The van der Waals surface area contributed by atoms with Gasteiger partial charge in [-0.1, -0.05) is 59.1 Å². The molecule has 4 aromatic rings. The van der Waals surface area contributed by atoms with Crippen molar-refractivity contribution in [3.05, 3.63) is 87.9 Å². The van der Waals surface area contributed by atoms with Crippen molar-refractivity contribution in [1.29, 1.82) is 0 Å². The summed E-state index contributed by atoms with van der Waals surface area (Å²) in [6.45, 7) is 1.93. The minimum Gasteiger partial charge on any atom is -0.416 e. The van der Waals surface area contributed by atoms with Gasteiger partial charge in [-0.3, -0.25) is 10.1 Å². The molecule has 1 aromatic heterocycles. The normalized spacial score (nSPS) is 10.6. The molecule has 0 radical (unpaired) electrons. The molecule has 0 aliphatic carbocycles. The van der Waals surface area contributed by atoms with Gasteiger partial charge in [0, 0.05) is 0 Å². The standard InChI is InChI=1S/C23H16Cl2N4O3/c1-13-10-11-18(25)16(12-13)22-29-28-21(32-22)15-7-3-5-9-19(15)26-23(31)27-20(30)14-6-2-4-8-17(14)24/h2-12H,1H3,(H2,26,27,30,31). The summed E-state index contributed by atoms with van der Waals surface area (Å²) >= 11 is 12.3. The van der Waals surface area contributed by atoms with Crippen molar-refractivity contribution in [2.45, 2.75) is 6.92 Å². The van der Waals surface area contributed by atoms with Crippen LogP contribution in [0.25, 0.3) is 22.9 Å². The largest absolute Gasteiger partial charge is 0.416 e. The molecule has 9 heteroatoms. The van der Waals surface area contributed by atoms with E-state index in [1.807, 2.05) is 19.1 Å². The molecule has 0 aliphatic rings. The summed E-state index contributed by atoms with van der Waals surface area (Å²) in [5.41, 5.74) is 2.65. The molecule has 3 amide bonds. The van der Waals surface area contributed by atoms with E-state index in [9.17, 15) is 9.59 Å². The van der Waals surface area contributed by atoms with E-state index < -0.39 is 11.9 Å². The van der Waals surface area contributed by atoms with E-state index in [0.717, 1.165) is 5.56 Å². The number of urea groups is 1. The number of carbonyl (C=O) groups excluding carboxylic acids is 2. The molecule has 0 unspecified atom stereocenters. The number of carbonyl (C=O) groups is 2. The van der Waals surface area contributed by atoms with Gasteiger partial charge in [0.15, 0.2) is 0 Å². The van der Waals surface area contributed by atoms with Crippen LogP contribution >= 0.6 is 23.2 Å². The number of nitrogens with one attached hydrogen (secondary N) is 2. The van der Waals surface area contributed by atoms with Gasteiger partial charge in [-0.2, -0.15) is 0 Å². The van der Waals surface area contributed by atoms with Crippen molar-refractivity contribution in [3.8, 4) is 22.9 Å². The fourth-order valence-corrected chi connectivity index (χ4v) is 3.41. The molecular weight excluding hydrogens is 451 g/mol. The predicted octanol–water partition coefficient (Wildman–Crippen LogP) is 5.98. The molecule has 0 spiro atoms. The van der Waals surface area contributed by atoms with Crippen LogP contribution in [0.2, 0.25) is 10.0 Å². The molecule has 0 bridgehead atoms. The maximum atomic E-state index is 12.4. The van der Waals surface area contributed by atoms with Gasteiger partial charge in [0.2, 0.25) is 11.8 Å². The summed E-state index contributed by atoms with van der Waals surface area (Å²) in [7, 11) is 0. The van der Waals surface area contributed by atoms with Gasteiger partial charge in [-0.05, 0) is 43.3 Å². The number of rotatable bonds is 4. The number of hydrogen-bond acceptors (Lipinski definition) is 5. The Morgan fingerprint density at radius 3 is 2.31 bits per heavy atom. The molecule has 4 rings (SSSR count). The number of aryl methyl sites for hydroxylation is 1. The smallest absolute Gasteiger partial charge is 0.326 e. The quantitative estimate of drug-likeness (QED) is 0.385. The summed E-state index contributed by atoms with van der Waals surface area (Å²) in [5.74, 6) is -0.187. The second-order valence-electron chi connectivity index (χ2n) is 6.83. The first-order valence-electron chi connectivity index (χ1n) is 9.48. The number of para-hydroxylation sites is 1. The van der Waals surface area contributed by atoms with Gasteiger partial charge in [-0.25, -0.2) is 4.79 Å². The summed E-state index contributed by atoms with van der Waals surface area (Å²) in [5, 5.41) is 13.8. The lowest BCUT2D eigenvalue weighted by atomic mass is 10.1. The number of imide groups is 1. The second kappa shape index (κ2) is 9.21. The highest BCUT2D eigenvalue weighted by atomic mass is 35.5. The molecule has 3 aromatic carbocycles. The molecule has 1 heterocycles. The lowest BCUT2D eigenvalue weighted by Crippen LogP contribution is -2.34. The topological polar surface area (TPSA) is 97.1 Å². The van der Waals surface area contributed by atoms with Crippen LogP contribution in [0.1, 0.15) is 15.9 Å². The highest BCUT2D eigenvalue weighted by Crippen LogP contribution is 2.32. The Morgan fingerprint density at radius 1 is 0.844 bits per heavy atom. The molecular formula is C23H16Cl2N4O3. The van der Waals surface area contributed by atoms with Crippen molar-refractivity contribution in [1.82, 2.24) is 15.5 Å². The zero-order valence-electron chi connectivity index (χ0n) is 16.7. The minimum atomic E-state index is -0.733. The van der Waals surface area contributed by atoms with E-state index in [1.165, 1.54) is 6.07 Å². The van der Waals surface area contributed by atoms with Crippen LogP contribution in [0.15, 0.2) is 71.1 Å². The summed E-state index contributed by atoms with van der Waals surface area (Å²) in [6.07, 6.45) is 0. The Balaban J connectivity index is 1.56. The Hall–Kier alpha value is -3.68. The Bertz CT molecular complexity index is 1320. The van der Waals surface area contributed by atoms with Crippen LogP contribution in [0.3, 0.4) is 0 Å². The SMILES string of the molecule is Cc1ccc(Cl)c(-c2nnc(-c3ccccc3NC(=O)NC(=O)c3ccccc3Cl)o2)c1. The zero-order valence-corrected chi connectivity index (χ0v) is 18.2. The number of anilines is 1.